The van der Waals surface area contributed by atoms with Gasteiger partial charge in [-0.05, 0) is 57.9 Å². The molecular weight excluding hydrogens is 314 g/mol. The Morgan fingerprint density at radius 1 is 1.24 bits per heavy atom. The molecule has 0 bridgehead atoms. The van der Waals surface area contributed by atoms with Crippen LogP contribution in [-0.2, 0) is 4.74 Å². The number of hydrogen-bond donors (Lipinski definition) is 1. The fraction of sp³-hybridized carbons (Fsp3) is 0.500. The molecule has 1 saturated heterocycles. The molecule has 25 heavy (non-hydrogen) atoms. The molecule has 1 amide bonds. The molecular formula is C20H27N3O2. The van der Waals surface area contributed by atoms with E-state index in [1.165, 1.54) is 5.56 Å². The Hall–Kier alpha value is -2.14. The van der Waals surface area contributed by atoms with E-state index in [1.807, 2.05) is 50.1 Å². The van der Waals surface area contributed by atoms with E-state index in [0.29, 0.717) is 6.54 Å². The molecule has 134 valence electrons. The molecule has 1 aliphatic heterocycles. The number of para-hydroxylation sites is 1. The van der Waals surface area contributed by atoms with Crippen molar-refractivity contribution in [1.82, 2.24) is 15.2 Å². The van der Waals surface area contributed by atoms with Crippen LogP contribution in [0.2, 0.25) is 0 Å². The van der Waals surface area contributed by atoms with Crippen LogP contribution in [0.4, 0.5) is 4.79 Å². The maximum Gasteiger partial charge on any atom is 0.410 e. The van der Waals surface area contributed by atoms with E-state index in [2.05, 4.69) is 22.4 Å². The summed E-state index contributed by atoms with van der Waals surface area (Å²) < 4.78 is 5.59. The number of nitrogens with one attached hydrogen (secondary N) is 1. The van der Waals surface area contributed by atoms with Gasteiger partial charge in [-0.25, -0.2) is 4.79 Å². The predicted molar refractivity (Wildman–Crippen MR) is 99.5 cm³/mol. The fourth-order valence-electron chi connectivity index (χ4n) is 3.20. The summed E-state index contributed by atoms with van der Waals surface area (Å²) in [6.07, 6.45) is 3.63. The van der Waals surface area contributed by atoms with Gasteiger partial charge >= 0.3 is 6.09 Å². The van der Waals surface area contributed by atoms with Crippen molar-refractivity contribution in [2.75, 3.05) is 19.6 Å². The molecule has 0 spiro atoms. The number of amides is 1. The minimum Gasteiger partial charge on any atom is -0.444 e. The standard InChI is InChI=1S/C20H27N3O2/c1-20(2,3)25-19(24)23-13-7-6-11-21-18(14-23)16-10-12-22-17-9-5-4-8-15(16)17/h4-5,8-10,12,18,21H,6-7,11,13-14H2,1-3H3. The monoisotopic (exact) mass is 341 g/mol. The van der Waals surface area contributed by atoms with Crippen molar-refractivity contribution in [3.05, 3.63) is 42.1 Å². The van der Waals surface area contributed by atoms with Gasteiger partial charge in [0.05, 0.1) is 11.6 Å². The van der Waals surface area contributed by atoms with Crippen LogP contribution in [0, 0.1) is 0 Å². The summed E-state index contributed by atoms with van der Waals surface area (Å²) in [6, 6.07) is 10.3. The van der Waals surface area contributed by atoms with E-state index in [9.17, 15) is 4.79 Å². The smallest absolute Gasteiger partial charge is 0.410 e. The molecule has 1 unspecified atom stereocenters. The lowest BCUT2D eigenvalue weighted by molar-refractivity contribution is 0.0219. The van der Waals surface area contributed by atoms with E-state index in [-0.39, 0.29) is 12.1 Å². The lowest BCUT2D eigenvalue weighted by Gasteiger charge is -2.33. The minimum atomic E-state index is -0.480. The third kappa shape index (κ3) is 4.48. The van der Waals surface area contributed by atoms with Crippen LogP contribution < -0.4 is 5.32 Å². The lowest BCUT2D eigenvalue weighted by atomic mass is 10.0. The minimum absolute atomic E-state index is 0.0701. The van der Waals surface area contributed by atoms with Crippen LogP contribution in [0.25, 0.3) is 10.9 Å². The molecule has 1 N–H and O–H groups in total. The first-order valence-corrected chi connectivity index (χ1v) is 8.99. The molecule has 0 radical (unpaired) electrons. The zero-order valence-electron chi connectivity index (χ0n) is 15.3. The van der Waals surface area contributed by atoms with E-state index in [1.54, 1.807) is 0 Å². The van der Waals surface area contributed by atoms with Crippen molar-refractivity contribution in [3.8, 4) is 0 Å². The summed E-state index contributed by atoms with van der Waals surface area (Å²) in [5.41, 5.74) is 1.68. The summed E-state index contributed by atoms with van der Waals surface area (Å²) in [5.74, 6) is 0. The maximum absolute atomic E-state index is 12.6. The number of hydrogen-bond acceptors (Lipinski definition) is 4. The highest BCUT2D eigenvalue weighted by Gasteiger charge is 2.26. The van der Waals surface area contributed by atoms with E-state index in [4.69, 9.17) is 4.74 Å². The summed E-state index contributed by atoms with van der Waals surface area (Å²) in [5, 5.41) is 4.73. The Morgan fingerprint density at radius 3 is 2.84 bits per heavy atom. The van der Waals surface area contributed by atoms with Crippen molar-refractivity contribution in [1.29, 1.82) is 0 Å². The number of fused-ring (bicyclic) bond motifs is 1. The molecule has 2 heterocycles. The number of benzene rings is 1. The molecule has 2 aromatic rings. The zero-order chi connectivity index (χ0) is 17.9. The number of pyridine rings is 1. The molecule has 1 atom stereocenters. The first-order chi connectivity index (χ1) is 11.9. The number of carbonyl (C=O) groups excluding carboxylic acids is 1. The maximum atomic E-state index is 12.6. The van der Waals surface area contributed by atoms with Gasteiger partial charge in [-0.15, -0.1) is 0 Å². The second-order valence-corrected chi connectivity index (χ2v) is 7.56. The highest BCUT2D eigenvalue weighted by molar-refractivity contribution is 5.82. The Kier molecular flexibility index (Phi) is 5.23. The van der Waals surface area contributed by atoms with Crippen LogP contribution >= 0.6 is 0 Å². The Balaban J connectivity index is 1.87. The molecule has 1 fully saturated rings. The van der Waals surface area contributed by atoms with E-state index < -0.39 is 5.60 Å². The molecule has 1 aromatic carbocycles. The molecule has 0 aliphatic carbocycles. The first kappa shape index (κ1) is 17.7. The van der Waals surface area contributed by atoms with Gasteiger partial charge in [0.2, 0.25) is 0 Å². The summed E-state index contributed by atoms with van der Waals surface area (Å²) in [4.78, 5) is 18.9. The van der Waals surface area contributed by atoms with Crippen LogP contribution in [-0.4, -0.2) is 41.2 Å². The summed E-state index contributed by atoms with van der Waals surface area (Å²) in [6.45, 7) is 7.99. The highest BCUT2D eigenvalue weighted by atomic mass is 16.6. The van der Waals surface area contributed by atoms with Gasteiger partial charge in [0.15, 0.2) is 0 Å². The van der Waals surface area contributed by atoms with Gasteiger partial charge in [-0.2, -0.15) is 0 Å². The van der Waals surface area contributed by atoms with Crippen LogP contribution in [0.5, 0.6) is 0 Å². The number of rotatable bonds is 1. The molecule has 1 aromatic heterocycles. The third-order valence-corrected chi connectivity index (χ3v) is 4.36. The zero-order valence-corrected chi connectivity index (χ0v) is 15.3. The van der Waals surface area contributed by atoms with Gasteiger partial charge in [-0.3, -0.25) is 4.98 Å². The second-order valence-electron chi connectivity index (χ2n) is 7.56. The largest absolute Gasteiger partial charge is 0.444 e. The quantitative estimate of drug-likeness (QED) is 0.855. The average molecular weight is 341 g/mol. The highest BCUT2D eigenvalue weighted by Crippen LogP contribution is 2.25. The van der Waals surface area contributed by atoms with Gasteiger partial charge in [0.1, 0.15) is 5.60 Å². The van der Waals surface area contributed by atoms with E-state index >= 15 is 0 Å². The molecule has 5 heteroatoms. The van der Waals surface area contributed by atoms with Gasteiger partial charge in [0, 0.05) is 24.7 Å². The van der Waals surface area contributed by atoms with Gasteiger partial charge in [-0.1, -0.05) is 18.2 Å². The normalized spacial score (nSPS) is 19.3. The fourth-order valence-corrected chi connectivity index (χ4v) is 3.20. The first-order valence-electron chi connectivity index (χ1n) is 8.99. The molecule has 3 rings (SSSR count). The SMILES string of the molecule is CC(C)(C)OC(=O)N1CCCCNC(c2ccnc3ccccc23)C1. The van der Waals surface area contributed by atoms with E-state index in [0.717, 1.165) is 36.8 Å². The van der Waals surface area contributed by atoms with Crippen LogP contribution in [0.3, 0.4) is 0 Å². The topological polar surface area (TPSA) is 54.5 Å². The molecule has 1 aliphatic rings. The van der Waals surface area contributed by atoms with Crippen LogP contribution in [0.1, 0.15) is 45.2 Å². The second kappa shape index (κ2) is 7.40. The van der Waals surface area contributed by atoms with Crippen molar-refractivity contribution in [2.45, 2.75) is 45.3 Å². The average Bonchev–Trinajstić information content (AvgIpc) is 2.53. The van der Waals surface area contributed by atoms with Crippen LogP contribution in [0.15, 0.2) is 36.5 Å². The van der Waals surface area contributed by atoms with Gasteiger partial charge < -0.3 is 15.0 Å². The summed E-state index contributed by atoms with van der Waals surface area (Å²) >= 11 is 0. The number of ether oxygens (including phenoxy) is 1. The Morgan fingerprint density at radius 2 is 2.04 bits per heavy atom. The van der Waals surface area contributed by atoms with Gasteiger partial charge in [0.25, 0.3) is 0 Å². The van der Waals surface area contributed by atoms with Crippen molar-refractivity contribution in [3.63, 3.8) is 0 Å². The number of carbonyl (C=O) groups is 1. The third-order valence-electron chi connectivity index (χ3n) is 4.36. The Bertz CT molecular complexity index is 734. The Labute approximate surface area is 149 Å². The number of aromatic nitrogens is 1. The van der Waals surface area contributed by atoms with Crippen molar-refractivity contribution < 1.29 is 9.53 Å². The predicted octanol–water partition coefficient (Wildman–Crippen LogP) is 3.90. The van der Waals surface area contributed by atoms with Crippen molar-refractivity contribution in [2.24, 2.45) is 0 Å². The van der Waals surface area contributed by atoms with Crippen molar-refractivity contribution >= 4 is 17.0 Å². The molecule has 5 nitrogen and oxygen atoms in total. The number of nitrogens with zero attached hydrogens (tertiary/aromatic N) is 2. The molecule has 0 saturated carbocycles. The lowest BCUT2D eigenvalue weighted by Crippen LogP contribution is -2.44. The summed E-state index contributed by atoms with van der Waals surface area (Å²) in [7, 11) is 0.